The summed E-state index contributed by atoms with van der Waals surface area (Å²) in [6, 6.07) is 13.0. The molecular weight excluding hydrogens is 328 g/mol. The minimum Gasteiger partial charge on any atom is -0.454 e. The lowest BCUT2D eigenvalue weighted by Crippen LogP contribution is -2.06. The molecule has 1 aromatic carbocycles. The number of nitrogens with zero attached hydrogens (tertiary/aromatic N) is 2. The average molecular weight is 343 g/mol. The molecule has 0 spiro atoms. The van der Waals surface area contributed by atoms with Crippen LogP contribution in [0.5, 0.6) is 0 Å². The summed E-state index contributed by atoms with van der Waals surface area (Å²) in [5.41, 5.74) is 3.12. The molecule has 5 nitrogen and oxygen atoms in total. The molecule has 3 rings (SSSR count). The maximum absolute atomic E-state index is 12.0. The first-order valence-corrected chi connectivity index (χ1v) is 7.87. The number of aromatic nitrogens is 2. The number of pyridine rings is 1. The lowest BCUT2D eigenvalue weighted by Gasteiger charge is -2.03. The van der Waals surface area contributed by atoms with Gasteiger partial charge in [-0.05, 0) is 24.1 Å². The molecule has 0 amide bonds. The second-order valence-corrected chi connectivity index (χ2v) is 5.50. The first kappa shape index (κ1) is 16.2. The molecule has 0 bridgehead atoms. The van der Waals surface area contributed by atoms with Gasteiger partial charge >= 0.3 is 5.97 Å². The molecule has 0 saturated carbocycles. The number of aryl methyl sites for hydroxylation is 1. The molecule has 0 N–H and O–H groups in total. The smallest absolute Gasteiger partial charge is 0.341 e. The molecule has 0 aliphatic rings. The lowest BCUT2D eigenvalue weighted by molar-refractivity contribution is 0.0437. The monoisotopic (exact) mass is 342 g/mol. The van der Waals surface area contributed by atoms with Crippen molar-refractivity contribution in [2.24, 2.45) is 0 Å². The van der Waals surface area contributed by atoms with Gasteiger partial charge in [0.2, 0.25) is 0 Å². The van der Waals surface area contributed by atoms with E-state index < -0.39 is 5.97 Å². The van der Waals surface area contributed by atoms with Crippen LogP contribution in [-0.2, 0) is 17.8 Å². The van der Waals surface area contributed by atoms with Gasteiger partial charge in [0.1, 0.15) is 10.8 Å². The van der Waals surface area contributed by atoms with E-state index in [4.69, 9.17) is 20.9 Å². The Hall–Kier alpha value is -2.66. The molecule has 122 valence electrons. The van der Waals surface area contributed by atoms with Gasteiger partial charge in [0.05, 0.1) is 5.56 Å². The van der Waals surface area contributed by atoms with E-state index in [1.807, 2.05) is 24.3 Å². The van der Waals surface area contributed by atoms with Crippen molar-refractivity contribution in [1.82, 2.24) is 10.1 Å². The van der Waals surface area contributed by atoms with Crippen LogP contribution in [-0.4, -0.2) is 16.1 Å². The quantitative estimate of drug-likeness (QED) is 0.510. The standard InChI is InChI=1S/C18H15ClN2O3/c1-2-12-5-7-13(8-6-12)16-10-14(24-21-16)11-23-18(22)15-4-3-9-20-17(15)19/h3-10H,2,11H2,1H3. The molecule has 3 aromatic rings. The summed E-state index contributed by atoms with van der Waals surface area (Å²) in [6.07, 6.45) is 2.49. The largest absolute Gasteiger partial charge is 0.454 e. The number of esters is 1. The first-order chi connectivity index (χ1) is 11.7. The Morgan fingerprint density at radius 3 is 2.75 bits per heavy atom. The van der Waals surface area contributed by atoms with Gasteiger partial charge in [0, 0.05) is 17.8 Å². The van der Waals surface area contributed by atoms with E-state index in [0.29, 0.717) is 11.5 Å². The van der Waals surface area contributed by atoms with Crippen LogP contribution in [0.1, 0.15) is 28.6 Å². The van der Waals surface area contributed by atoms with Gasteiger partial charge in [-0.25, -0.2) is 9.78 Å². The predicted molar refractivity (Wildman–Crippen MR) is 89.7 cm³/mol. The third-order valence-corrected chi connectivity index (χ3v) is 3.84. The van der Waals surface area contributed by atoms with Crippen LogP contribution in [0.4, 0.5) is 0 Å². The normalized spacial score (nSPS) is 10.6. The fourth-order valence-corrected chi connectivity index (χ4v) is 2.38. The molecule has 0 radical (unpaired) electrons. The second-order valence-electron chi connectivity index (χ2n) is 5.15. The van der Waals surface area contributed by atoms with E-state index in [1.165, 1.54) is 11.8 Å². The molecule has 0 atom stereocenters. The second kappa shape index (κ2) is 7.27. The molecule has 0 fully saturated rings. The zero-order valence-corrected chi connectivity index (χ0v) is 13.8. The number of hydrogen-bond donors (Lipinski definition) is 0. The number of ether oxygens (including phenoxy) is 1. The summed E-state index contributed by atoms with van der Waals surface area (Å²) < 4.78 is 10.4. The first-order valence-electron chi connectivity index (χ1n) is 7.50. The van der Waals surface area contributed by atoms with E-state index >= 15 is 0 Å². The SMILES string of the molecule is CCc1ccc(-c2cc(COC(=O)c3cccnc3Cl)on2)cc1. The summed E-state index contributed by atoms with van der Waals surface area (Å²) in [5.74, 6) is -0.101. The van der Waals surface area contributed by atoms with Crippen LogP contribution in [0.25, 0.3) is 11.3 Å². The van der Waals surface area contributed by atoms with Crippen LogP contribution in [0.3, 0.4) is 0 Å². The summed E-state index contributed by atoms with van der Waals surface area (Å²) in [7, 11) is 0. The number of halogens is 1. The van der Waals surface area contributed by atoms with Crippen molar-refractivity contribution in [1.29, 1.82) is 0 Å². The highest BCUT2D eigenvalue weighted by molar-refractivity contribution is 6.32. The fraction of sp³-hybridized carbons (Fsp3) is 0.167. The van der Waals surface area contributed by atoms with Crippen molar-refractivity contribution in [2.45, 2.75) is 20.0 Å². The van der Waals surface area contributed by atoms with Gasteiger partial charge in [-0.2, -0.15) is 0 Å². The minimum absolute atomic E-state index is 0.0237. The van der Waals surface area contributed by atoms with Gasteiger partial charge in [0.15, 0.2) is 12.4 Å². The van der Waals surface area contributed by atoms with Crippen LogP contribution < -0.4 is 0 Å². The molecule has 0 aliphatic heterocycles. The minimum atomic E-state index is -0.557. The number of benzene rings is 1. The summed E-state index contributed by atoms with van der Waals surface area (Å²) >= 11 is 5.86. The highest BCUT2D eigenvalue weighted by Crippen LogP contribution is 2.21. The Kier molecular flexibility index (Phi) is 4.91. The topological polar surface area (TPSA) is 65.2 Å². The van der Waals surface area contributed by atoms with Gasteiger partial charge in [-0.1, -0.05) is 47.9 Å². The van der Waals surface area contributed by atoms with Gasteiger partial charge in [-0.3, -0.25) is 0 Å². The molecule has 6 heteroatoms. The molecule has 0 aliphatic carbocycles. The van der Waals surface area contributed by atoms with Crippen molar-refractivity contribution in [3.8, 4) is 11.3 Å². The Labute approximate surface area is 144 Å². The van der Waals surface area contributed by atoms with Gasteiger partial charge < -0.3 is 9.26 Å². The third-order valence-electron chi connectivity index (χ3n) is 3.54. The van der Waals surface area contributed by atoms with Gasteiger partial charge in [-0.15, -0.1) is 0 Å². The summed E-state index contributed by atoms with van der Waals surface area (Å²) in [5, 5.41) is 4.11. The van der Waals surface area contributed by atoms with Crippen molar-refractivity contribution in [3.63, 3.8) is 0 Å². The van der Waals surface area contributed by atoms with E-state index in [0.717, 1.165) is 12.0 Å². The Morgan fingerprint density at radius 1 is 1.25 bits per heavy atom. The van der Waals surface area contributed by atoms with Crippen LogP contribution in [0, 0.1) is 0 Å². The molecule has 0 unspecified atom stereocenters. The zero-order chi connectivity index (χ0) is 16.9. The average Bonchev–Trinajstić information content (AvgIpc) is 3.09. The molecule has 24 heavy (non-hydrogen) atoms. The third kappa shape index (κ3) is 3.63. The predicted octanol–water partition coefficient (Wildman–Crippen LogP) is 4.31. The maximum Gasteiger partial charge on any atom is 0.341 e. The van der Waals surface area contributed by atoms with E-state index in [9.17, 15) is 4.79 Å². The van der Waals surface area contributed by atoms with E-state index in [-0.39, 0.29) is 17.3 Å². The van der Waals surface area contributed by atoms with Crippen molar-refractivity contribution >= 4 is 17.6 Å². The molecule has 2 heterocycles. The van der Waals surface area contributed by atoms with Crippen LogP contribution in [0.2, 0.25) is 5.15 Å². The molecule has 2 aromatic heterocycles. The highest BCUT2D eigenvalue weighted by Gasteiger charge is 2.14. The van der Waals surface area contributed by atoms with E-state index in [2.05, 4.69) is 17.1 Å². The Balaban J connectivity index is 1.66. The van der Waals surface area contributed by atoms with Crippen LogP contribution >= 0.6 is 11.6 Å². The Morgan fingerprint density at radius 2 is 2.04 bits per heavy atom. The number of rotatable bonds is 5. The molecular formula is C18H15ClN2O3. The van der Waals surface area contributed by atoms with E-state index in [1.54, 1.807) is 18.2 Å². The number of carbonyl (C=O) groups excluding carboxylic acids is 1. The van der Waals surface area contributed by atoms with Crippen molar-refractivity contribution < 1.29 is 14.1 Å². The summed E-state index contributed by atoms with van der Waals surface area (Å²) in [4.78, 5) is 15.8. The van der Waals surface area contributed by atoms with Crippen LogP contribution in [0.15, 0.2) is 53.2 Å². The number of carbonyl (C=O) groups is 1. The molecule has 0 saturated heterocycles. The number of hydrogen-bond acceptors (Lipinski definition) is 5. The Bertz CT molecular complexity index is 843. The maximum atomic E-state index is 12.0. The summed E-state index contributed by atoms with van der Waals surface area (Å²) in [6.45, 7) is 2.08. The van der Waals surface area contributed by atoms with Gasteiger partial charge in [0.25, 0.3) is 0 Å². The zero-order valence-electron chi connectivity index (χ0n) is 13.0. The highest BCUT2D eigenvalue weighted by atomic mass is 35.5. The fourth-order valence-electron chi connectivity index (χ4n) is 2.18. The van der Waals surface area contributed by atoms with Crippen molar-refractivity contribution in [2.75, 3.05) is 0 Å². The van der Waals surface area contributed by atoms with Crippen molar-refractivity contribution in [3.05, 3.63) is 70.7 Å². The lowest BCUT2D eigenvalue weighted by atomic mass is 10.1.